The van der Waals surface area contributed by atoms with E-state index >= 15 is 0 Å². The average molecular weight is 350 g/mol. The van der Waals surface area contributed by atoms with Crippen LogP contribution in [0.1, 0.15) is 11.3 Å². The lowest BCUT2D eigenvalue weighted by atomic mass is 10.2. The zero-order chi connectivity index (χ0) is 18.2. The Hall–Kier alpha value is -3.22. The zero-order valence-electron chi connectivity index (χ0n) is 14.7. The normalized spacial score (nSPS) is 10.5. The highest BCUT2D eigenvalue weighted by Gasteiger charge is 2.10. The molecule has 0 aliphatic carbocycles. The van der Waals surface area contributed by atoms with Gasteiger partial charge >= 0.3 is 0 Å². The molecule has 0 atom stereocenters. The first-order valence-corrected chi connectivity index (χ1v) is 8.50. The maximum atomic E-state index is 12.1. The maximum absolute atomic E-state index is 12.1. The third-order valence-corrected chi connectivity index (χ3v) is 4.02. The van der Waals surface area contributed by atoms with Crippen LogP contribution in [-0.2, 0) is 24.3 Å². The highest BCUT2D eigenvalue weighted by molar-refractivity contribution is 5.75. The molecule has 1 N–H and O–H groups in total. The highest BCUT2D eigenvalue weighted by atomic mass is 16.1. The number of likely N-dealkylation sites (N-methyl/N-ethyl adjacent to an activating group) is 1. The number of hydrogen-bond acceptors (Lipinski definition) is 5. The van der Waals surface area contributed by atoms with Crippen LogP contribution in [0.5, 0.6) is 0 Å². The molecule has 7 heteroatoms. The van der Waals surface area contributed by atoms with Crippen LogP contribution < -0.4 is 10.2 Å². The van der Waals surface area contributed by atoms with E-state index in [0.29, 0.717) is 6.54 Å². The van der Waals surface area contributed by atoms with E-state index in [9.17, 15) is 4.79 Å². The van der Waals surface area contributed by atoms with Crippen LogP contribution in [0.25, 0.3) is 0 Å². The number of carbonyl (C=O) groups excluding carboxylic acids is 1. The standard InChI is InChI=1S/C19H22N6O/c1-24(11-7-17-6-2-3-8-21-17)19-16(5-4-9-22-19)13-23-18(26)14-25-12-10-20-15-25/h2-6,8-10,12,15H,7,11,13-14H2,1H3,(H,23,26). The van der Waals surface area contributed by atoms with Gasteiger partial charge in [-0.3, -0.25) is 9.78 Å². The van der Waals surface area contributed by atoms with Crippen molar-refractivity contribution in [2.75, 3.05) is 18.5 Å². The third-order valence-electron chi connectivity index (χ3n) is 4.02. The summed E-state index contributed by atoms with van der Waals surface area (Å²) < 4.78 is 1.73. The molecule has 1 amide bonds. The molecule has 0 aliphatic rings. The first-order chi connectivity index (χ1) is 12.7. The van der Waals surface area contributed by atoms with Gasteiger partial charge in [-0.05, 0) is 18.2 Å². The number of carbonyl (C=O) groups is 1. The second-order valence-corrected chi connectivity index (χ2v) is 5.99. The van der Waals surface area contributed by atoms with Gasteiger partial charge in [0.15, 0.2) is 0 Å². The third kappa shape index (κ3) is 4.89. The second kappa shape index (κ2) is 8.75. The predicted octanol–water partition coefficient (Wildman–Crippen LogP) is 1.67. The number of rotatable bonds is 8. The molecular weight excluding hydrogens is 328 g/mol. The van der Waals surface area contributed by atoms with E-state index in [4.69, 9.17) is 0 Å². The lowest BCUT2D eigenvalue weighted by Gasteiger charge is -2.21. The van der Waals surface area contributed by atoms with Gasteiger partial charge in [0.25, 0.3) is 0 Å². The lowest BCUT2D eigenvalue weighted by molar-refractivity contribution is -0.121. The summed E-state index contributed by atoms with van der Waals surface area (Å²) in [4.78, 5) is 26.9. The first-order valence-electron chi connectivity index (χ1n) is 8.50. The van der Waals surface area contributed by atoms with Crippen molar-refractivity contribution < 1.29 is 4.79 Å². The van der Waals surface area contributed by atoms with E-state index in [2.05, 4.69) is 25.2 Å². The molecule has 26 heavy (non-hydrogen) atoms. The molecule has 0 saturated heterocycles. The average Bonchev–Trinajstić information content (AvgIpc) is 3.18. The van der Waals surface area contributed by atoms with Crippen LogP contribution >= 0.6 is 0 Å². The fourth-order valence-corrected chi connectivity index (χ4v) is 2.64. The fraction of sp³-hybridized carbons (Fsp3) is 0.263. The summed E-state index contributed by atoms with van der Waals surface area (Å²) in [5.74, 6) is 0.806. The predicted molar refractivity (Wildman–Crippen MR) is 99.5 cm³/mol. The van der Waals surface area contributed by atoms with Crippen LogP contribution in [0.3, 0.4) is 0 Å². The molecular formula is C19H22N6O. The van der Waals surface area contributed by atoms with Crippen molar-refractivity contribution in [1.29, 1.82) is 0 Å². The molecule has 7 nitrogen and oxygen atoms in total. The molecule has 0 fully saturated rings. The first kappa shape index (κ1) is 17.6. The molecule has 0 saturated carbocycles. The SMILES string of the molecule is CN(CCc1ccccn1)c1ncccc1CNC(=O)Cn1ccnc1. The van der Waals surface area contributed by atoms with Crippen molar-refractivity contribution in [2.45, 2.75) is 19.5 Å². The van der Waals surface area contributed by atoms with Gasteiger partial charge in [-0.25, -0.2) is 9.97 Å². The van der Waals surface area contributed by atoms with Crippen LogP contribution in [-0.4, -0.2) is 39.0 Å². The van der Waals surface area contributed by atoms with Crippen molar-refractivity contribution in [2.24, 2.45) is 0 Å². The Bertz CT molecular complexity index is 819. The summed E-state index contributed by atoms with van der Waals surface area (Å²) >= 11 is 0. The van der Waals surface area contributed by atoms with Crippen molar-refractivity contribution in [3.05, 3.63) is 72.7 Å². The minimum Gasteiger partial charge on any atom is -0.359 e. The summed E-state index contributed by atoms with van der Waals surface area (Å²) in [6.07, 6.45) is 9.45. The quantitative estimate of drug-likeness (QED) is 0.669. The Morgan fingerprint density at radius 3 is 2.81 bits per heavy atom. The van der Waals surface area contributed by atoms with Gasteiger partial charge in [0.1, 0.15) is 12.4 Å². The molecule has 134 valence electrons. The summed E-state index contributed by atoms with van der Waals surface area (Å²) in [7, 11) is 2.00. The molecule has 3 rings (SSSR count). The maximum Gasteiger partial charge on any atom is 0.240 e. The number of hydrogen-bond donors (Lipinski definition) is 1. The summed E-state index contributed by atoms with van der Waals surface area (Å²) in [5, 5.41) is 2.94. The van der Waals surface area contributed by atoms with Crippen LogP contribution in [0, 0.1) is 0 Å². The summed E-state index contributed by atoms with van der Waals surface area (Å²) in [5.41, 5.74) is 2.03. The zero-order valence-corrected chi connectivity index (χ0v) is 14.7. The number of imidazole rings is 1. The fourth-order valence-electron chi connectivity index (χ4n) is 2.64. The molecule has 0 aliphatic heterocycles. The summed E-state index contributed by atoms with van der Waals surface area (Å²) in [6, 6.07) is 9.79. The topological polar surface area (TPSA) is 75.9 Å². The smallest absolute Gasteiger partial charge is 0.240 e. The van der Waals surface area contributed by atoms with E-state index in [1.165, 1.54) is 0 Å². The molecule has 3 aromatic rings. The molecule has 3 aromatic heterocycles. The second-order valence-electron chi connectivity index (χ2n) is 5.99. The number of anilines is 1. The Morgan fingerprint density at radius 1 is 1.15 bits per heavy atom. The number of pyridine rings is 2. The van der Waals surface area contributed by atoms with Crippen LogP contribution in [0.2, 0.25) is 0 Å². The van der Waals surface area contributed by atoms with Crippen molar-refractivity contribution in [3.8, 4) is 0 Å². The molecule has 0 radical (unpaired) electrons. The number of amides is 1. The Labute approximate surface area is 152 Å². The molecule has 0 spiro atoms. The van der Waals surface area contributed by atoms with Crippen LogP contribution in [0.4, 0.5) is 5.82 Å². The minimum atomic E-state index is -0.0612. The van der Waals surface area contributed by atoms with Gasteiger partial charge in [0, 0.05) is 62.6 Å². The largest absolute Gasteiger partial charge is 0.359 e. The Morgan fingerprint density at radius 2 is 2.04 bits per heavy atom. The van der Waals surface area contributed by atoms with Crippen LogP contribution in [0.15, 0.2) is 61.4 Å². The lowest BCUT2D eigenvalue weighted by Crippen LogP contribution is -2.29. The van der Waals surface area contributed by atoms with Gasteiger partial charge in [-0.2, -0.15) is 0 Å². The molecule has 0 aromatic carbocycles. The number of nitrogens with one attached hydrogen (secondary N) is 1. The highest BCUT2D eigenvalue weighted by Crippen LogP contribution is 2.16. The number of aromatic nitrogens is 4. The van der Waals surface area contributed by atoms with E-state index < -0.39 is 0 Å². The van der Waals surface area contributed by atoms with Gasteiger partial charge in [0.2, 0.25) is 5.91 Å². The minimum absolute atomic E-state index is 0.0612. The molecule has 3 heterocycles. The van der Waals surface area contributed by atoms with Gasteiger partial charge < -0.3 is 14.8 Å². The molecule has 0 bridgehead atoms. The summed E-state index contributed by atoms with van der Waals surface area (Å²) in [6.45, 7) is 1.49. The van der Waals surface area contributed by atoms with Gasteiger partial charge in [0.05, 0.1) is 6.33 Å². The monoisotopic (exact) mass is 350 g/mol. The van der Waals surface area contributed by atoms with Gasteiger partial charge in [-0.1, -0.05) is 12.1 Å². The molecule has 0 unspecified atom stereocenters. The van der Waals surface area contributed by atoms with Crippen molar-refractivity contribution in [1.82, 2.24) is 24.8 Å². The van der Waals surface area contributed by atoms with E-state index in [-0.39, 0.29) is 12.5 Å². The van der Waals surface area contributed by atoms with E-state index in [1.54, 1.807) is 35.7 Å². The number of nitrogens with zero attached hydrogens (tertiary/aromatic N) is 5. The van der Waals surface area contributed by atoms with Crippen molar-refractivity contribution >= 4 is 11.7 Å². The van der Waals surface area contributed by atoms with Gasteiger partial charge in [-0.15, -0.1) is 0 Å². The van der Waals surface area contributed by atoms with E-state index in [1.807, 2.05) is 37.4 Å². The van der Waals surface area contributed by atoms with E-state index in [0.717, 1.165) is 30.0 Å². The van der Waals surface area contributed by atoms with Crippen molar-refractivity contribution in [3.63, 3.8) is 0 Å². The Balaban J connectivity index is 1.57. The Kier molecular flexibility index (Phi) is 5.92.